The molecule has 1 saturated carbocycles. The maximum atomic E-state index is 6.09. The first-order valence-corrected chi connectivity index (χ1v) is 8.08. The number of para-hydroxylation sites is 2. The molecule has 0 radical (unpaired) electrons. The Bertz CT molecular complexity index is 499. The average Bonchev–Trinajstić information content (AvgIpc) is 2.95. The fraction of sp³-hybridized carbons (Fsp3) is 0.647. The second-order valence-corrected chi connectivity index (χ2v) is 6.47. The molecular formula is C17H23NO3. The summed E-state index contributed by atoms with van der Waals surface area (Å²) in [6, 6.07) is 7.92. The van der Waals surface area contributed by atoms with Crippen molar-refractivity contribution in [3.63, 3.8) is 0 Å². The van der Waals surface area contributed by atoms with E-state index in [2.05, 4.69) is 4.90 Å². The van der Waals surface area contributed by atoms with E-state index in [1.165, 1.54) is 25.7 Å². The summed E-state index contributed by atoms with van der Waals surface area (Å²) >= 11 is 0. The first kappa shape index (κ1) is 13.4. The predicted octanol–water partition coefficient (Wildman–Crippen LogP) is 2.47. The Balaban J connectivity index is 1.38. The fourth-order valence-corrected chi connectivity index (χ4v) is 3.84. The van der Waals surface area contributed by atoms with Crippen LogP contribution in [0.5, 0.6) is 11.5 Å². The van der Waals surface area contributed by atoms with Gasteiger partial charge in [-0.15, -0.1) is 0 Å². The van der Waals surface area contributed by atoms with Gasteiger partial charge in [0.2, 0.25) is 0 Å². The summed E-state index contributed by atoms with van der Waals surface area (Å²) in [5, 5.41) is 0. The van der Waals surface area contributed by atoms with Crippen LogP contribution in [0.1, 0.15) is 25.7 Å². The summed E-state index contributed by atoms with van der Waals surface area (Å²) in [6.45, 7) is 4.47. The van der Waals surface area contributed by atoms with Gasteiger partial charge in [-0.25, -0.2) is 0 Å². The van der Waals surface area contributed by atoms with E-state index in [1.54, 1.807) is 0 Å². The van der Waals surface area contributed by atoms with Crippen molar-refractivity contribution in [3.8, 4) is 11.5 Å². The van der Waals surface area contributed by atoms with Crippen molar-refractivity contribution in [3.05, 3.63) is 24.3 Å². The van der Waals surface area contributed by atoms with Gasteiger partial charge in [0.25, 0.3) is 0 Å². The number of hydrogen-bond donors (Lipinski definition) is 0. The van der Waals surface area contributed by atoms with Crippen LogP contribution in [-0.2, 0) is 4.74 Å². The van der Waals surface area contributed by atoms with Crippen molar-refractivity contribution in [2.75, 3.05) is 32.8 Å². The van der Waals surface area contributed by atoms with Gasteiger partial charge in [-0.1, -0.05) is 25.0 Å². The predicted molar refractivity (Wildman–Crippen MR) is 79.9 cm³/mol. The molecule has 0 aromatic heterocycles. The van der Waals surface area contributed by atoms with Crippen LogP contribution in [0.25, 0.3) is 0 Å². The molecule has 0 bridgehead atoms. The van der Waals surface area contributed by atoms with E-state index in [1.807, 2.05) is 24.3 Å². The van der Waals surface area contributed by atoms with Gasteiger partial charge in [-0.05, 0) is 25.0 Å². The highest BCUT2D eigenvalue weighted by molar-refractivity contribution is 5.40. The zero-order valence-corrected chi connectivity index (χ0v) is 12.4. The number of benzene rings is 1. The Labute approximate surface area is 126 Å². The van der Waals surface area contributed by atoms with Gasteiger partial charge < -0.3 is 14.2 Å². The van der Waals surface area contributed by atoms with Crippen LogP contribution in [0.15, 0.2) is 24.3 Å². The van der Waals surface area contributed by atoms with E-state index < -0.39 is 0 Å². The van der Waals surface area contributed by atoms with Gasteiger partial charge in [-0.2, -0.15) is 0 Å². The van der Waals surface area contributed by atoms with E-state index in [0.717, 1.165) is 37.7 Å². The highest BCUT2D eigenvalue weighted by Crippen LogP contribution is 2.36. The normalized spacial score (nSPS) is 27.9. The number of hydrogen-bond acceptors (Lipinski definition) is 4. The maximum Gasteiger partial charge on any atom is 0.161 e. The molecule has 0 amide bonds. The SMILES string of the molecule is c1ccc2c(c1)OCC(CN1CCOC3(CCCC3)C1)O2. The lowest BCUT2D eigenvalue weighted by molar-refractivity contribution is -0.111. The quantitative estimate of drug-likeness (QED) is 0.837. The first-order valence-electron chi connectivity index (χ1n) is 8.08. The van der Waals surface area contributed by atoms with Crippen LogP contribution < -0.4 is 9.47 Å². The smallest absolute Gasteiger partial charge is 0.161 e. The second kappa shape index (κ2) is 5.50. The molecule has 21 heavy (non-hydrogen) atoms. The largest absolute Gasteiger partial charge is 0.486 e. The Kier molecular flexibility index (Phi) is 3.51. The third kappa shape index (κ3) is 2.74. The Morgan fingerprint density at radius 2 is 1.95 bits per heavy atom. The standard InChI is InChI=1S/C17H23NO3/c1-2-6-16-15(5-1)19-12-14(21-16)11-18-9-10-20-17(13-18)7-3-4-8-17/h1-2,5-6,14H,3-4,7-13H2. The summed E-state index contributed by atoms with van der Waals surface area (Å²) in [4.78, 5) is 2.50. The lowest BCUT2D eigenvalue weighted by atomic mass is 9.99. The van der Waals surface area contributed by atoms with E-state index in [-0.39, 0.29) is 11.7 Å². The molecule has 1 aromatic rings. The van der Waals surface area contributed by atoms with Gasteiger partial charge in [-0.3, -0.25) is 4.90 Å². The highest BCUT2D eigenvalue weighted by atomic mass is 16.6. The van der Waals surface area contributed by atoms with Gasteiger partial charge in [0.05, 0.1) is 12.2 Å². The number of rotatable bonds is 2. The Morgan fingerprint density at radius 3 is 2.81 bits per heavy atom. The third-order valence-corrected chi connectivity index (χ3v) is 4.87. The molecule has 2 aliphatic heterocycles. The van der Waals surface area contributed by atoms with E-state index in [9.17, 15) is 0 Å². The molecule has 2 fully saturated rings. The van der Waals surface area contributed by atoms with E-state index in [0.29, 0.717) is 6.61 Å². The maximum absolute atomic E-state index is 6.09. The Hall–Kier alpha value is -1.26. The lowest BCUT2D eigenvalue weighted by Crippen LogP contribution is -2.53. The number of fused-ring (bicyclic) bond motifs is 1. The topological polar surface area (TPSA) is 30.9 Å². The molecule has 1 aliphatic carbocycles. The zero-order chi connectivity index (χ0) is 14.1. The van der Waals surface area contributed by atoms with Gasteiger partial charge in [0, 0.05) is 19.6 Å². The number of morpholine rings is 1. The van der Waals surface area contributed by atoms with Crippen LogP contribution in [0.3, 0.4) is 0 Å². The summed E-state index contributed by atoms with van der Waals surface area (Å²) < 4.78 is 18.0. The molecule has 4 heteroatoms. The van der Waals surface area contributed by atoms with Gasteiger partial charge >= 0.3 is 0 Å². The minimum absolute atomic E-state index is 0.122. The molecule has 2 heterocycles. The average molecular weight is 289 g/mol. The molecule has 114 valence electrons. The molecule has 4 nitrogen and oxygen atoms in total. The van der Waals surface area contributed by atoms with Crippen molar-refractivity contribution in [1.29, 1.82) is 0 Å². The van der Waals surface area contributed by atoms with Crippen molar-refractivity contribution in [2.45, 2.75) is 37.4 Å². The summed E-state index contributed by atoms with van der Waals surface area (Å²) in [6.07, 6.45) is 5.17. The lowest BCUT2D eigenvalue weighted by Gasteiger charge is -2.42. The van der Waals surface area contributed by atoms with Crippen LogP contribution >= 0.6 is 0 Å². The summed E-state index contributed by atoms with van der Waals surface area (Å²) in [7, 11) is 0. The molecule has 0 N–H and O–H groups in total. The summed E-state index contributed by atoms with van der Waals surface area (Å²) in [5.41, 5.74) is 0.131. The molecule has 1 unspecified atom stereocenters. The fourth-order valence-electron chi connectivity index (χ4n) is 3.84. The molecule has 1 spiro atoms. The number of nitrogens with zero attached hydrogens (tertiary/aromatic N) is 1. The van der Waals surface area contributed by atoms with Crippen molar-refractivity contribution >= 4 is 0 Å². The van der Waals surface area contributed by atoms with Crippen LogP contribution in [0.4, 0.5) is 0 Å². The van der Waals surface area contributed by atoms with E-state index in [4.69, 9.17) is 14.2 Å². The molecule has 4 rings (SSSR count). The van der Waals surface area contributed by atoms with Crippen LogP contribution in [0.2, 0.25) is 0 Å². The van der Waals surface area contributed by atoms with Crippen LogP contribution in [0, 0.1) is 0 Å². The minimum atomic E-state index is 0.122. The molecule has 3 aliphatic rings. The molecule has 1 aromatic carbocycles. The number of ether oxygens (including phenoxy) is 3. The van der Waals surface area contributed by atoms with E-state index >= 15 is 0 Å². The van der Waals surface area contributed by atoms with Crippen LogP contribution in [-0.4, -0.2) is 49.5 Å². The van der Waals surface area contributed by atoms with Gasteiger partial charge in [0.1, 0.15) is 12.7 Å². The third-order valence-electron chi connectivity index (χ3n) is 4.87. The van der Waals surface area contributed by atoms with Gasteiger partial charge in [0.15, 0.2) is 11.5 Å². The first-order chi connectivity index (χ1) is 10.3. The minimum Gasteiger partial charge on any atom is -0.486 e. The molecular weight excluding hydrogens is 266 g/mol. The van der Waals surface area contributed by atoms with Crippen molar-refractivity contribution < 1.29 is 14.2 Å². The highest BCUT2D eigenvalue weighted by Gasteiger charge is 2.40. The summed E-state index contributed by atoms with van der Waals surface area (Å²) in [5.74, 6) is 1.74. The monoisotopic (exact) mass is 289 g/mol. The van der Waals surface area contributed by atoms with Crippen molar-refractivity contribution in [1.82, 2.24) is 4.90 Å². The second-order valence-electron chi connectivity index (χ2n) is 6.47. The zero-order valence-electron chi connectivity index (χ0n) is 12.4. The van der Waals surface area contributed by atoms with Crippen molar-refractivity contribution in [2.24, 2.45) is 0 Å². The molecule has 1 saturated heterocycles. The molecule has 1 atom stereocenters. The Morgan fingerprint density at radius 1 is 1.14 bits per heavy atom.